The maximum atomic E-state index is 15.7. The van der Waals surface area contributed by atoms with Crippen LogP contribution in [0.5, 0.6) is 6.01 Å². The normalized spacial score (nSPS) is 24.8. The molecule has 4 N–H and O–H groups in total. The van der Waals surface area contributed by atoms with E-state index in [1.807, 2.05) is 18.7 Å². The quantitative estimate of drug-likeness (QED) is 0.312. The Bertz CT molecular complexity index is 1650. The van der Waals surface area contributed by atoms with Crippen LogP contribution in [0.1, 0.15) is 66.7 Å². The van der Waals surface area contributed by atoms with Gasteiger partial charge in [0.25, 0.3) is 5.91 Å². The van der Waals surface area contributed by atoms with Crippen molar-refractivity contribution < 1.29 is 23.0 Å². The van der Waals surface area contributed by atoms with E-state index < -0.39 is 24.0 Å². The zero-order valence-electron chi connectivity index (χ0n) is 28.1. The van der Waals surface area contributed by atoms with Crippen molar-refractivity contribution in [1.82, 2.24) is 19.8 Å². The van der Waals surface area contributed by atoms with E-state index in [4.69, 9.17) is 42.5 Å². The first-order chi connectivity index (χ1) is 22.9. The second kappa shape index (κ2) is 13.8. The Kier molecular flexibility index (Phi) is 9.83. The van der Waals surface area contributed by atoms with E-state index in [-0.39, 0.29) is 54.1 Å². The first-order valence-electron chi connectivity index (χ1n) is 16.7. The van der Waals surface area contributed by atoms with E-state index in [0.717, 1.165) is 36.1 Å². The average molecular weight is 687 g/mol. The molecule has 2 fully saturated rings. The highest BCUT2D eigenvalue weighted by atomic mass is 35.5. The van der Waals surface area contributed by atoms with Gasteiger partial charge in [-0.2, -0.15) is 9.97 Å². The molecule has 48 heavy (non-hydrogen) atoms. The molecular formula is C34H45ClF2N8O3. The number of nitrogens with zero attached hydrogens (tertiary/aromatic N) is 6. The number of halogens is 3. The number of aromatic nitrogens is 2. The minimum absolute atomic E-state index is 0.0814. The monoisotopic (exact) mass is 686 g/mol. The van der Waals surface area contributed by atoms with Gasteiger partial charge in [0, 0.05) is 57.7 Å². The van der Waals surface area contributed by atoms with Gasteiger partial charge in [0.2, 0.25) is 0 Å². The van der Waals surface area contributed by atoms with Crippen LogP contribution >= 0.6 is 11.6 Å². The van der Waals surface area contributed by atoms with Crippen molar-refractivity contribution in [2.24, 2.45) is 10.7 Å². The number of nitrogens with two attached hydrogens (primary N) is 2. The molecule has 3 atom stereocenters. The van der Waals surface area contributed by atoms with Crippen LogP contribution in [0, 0.1) is 12.7 Å². The summed E-state index contributed by atoms with van der Waals surface area (Å²) in [7, 11) is 3.21. The van der Waals surface area contributed by atoms with E-state index in [0.29, 0.717) is 61.7 Å². The van der Waals surface area contributed by atoms with Gasteiger partial charge in [-0.05, 0) is 56.3 Å². The van der Waals surface area contributed by atoms with Gasteiger partial charge in [-0.25, -0.2) is 8.78 Å². The maximum Gasteiger partial charge on any atom is 0.318 e. The number of rotatable bonds is 8. The van der Waals surface area contributed by atoms with E-state index in [9.17, 15) is 9.18 Å². The number of hydrogen-bond donors (Lipinski definition) is 2. The molecule has 14 heteroatoms. The highest BCUT2D eigenvalue weighted by Crippen LogP contribution is 2.42. The minimum atomic E-state index is -0.893. The van der Waals surface area contributed by atoms with Crippen molar-refractivity contribution in [3.05, 3.63) is 50.6 Å². The van der Waals surface area contributed by atoms with Gasteiger partial charge in [-0.3, -0.25) is 14.7 Å². The lowest BCUT2D eigenvalue weighted by atomic mass is 9.90. The molecule has 1 aromatic carbocycles. The second-order valence-corrected chi connectivity index (χ2v) is 13.9. The Morgan fingerprint density at radius 1 is 1.27 bits per heavy atom. The van der Waals surface area contributed by atoms with Crippen molar-refractivity contribution in [2.75, 3.05) is 64.1 Å². The number of nitrogen functional groups attached to an aromatic ring is 1. The van der Waals surface area contributed by atoms with Crippen LogP contribution in [0.2, 0.25) is 0 Å². The van der Waals surface area contributed by atoms with Crippen molar-refractivity contribution in [1.29, 1.82) is 0 Å². The fraction of sp³-hybridized carbons (Fsp3) is 0.588. The van der Waals surface area contributed by atoms with E-state index >= 15 is 4.39 Å². The molecule has 11 nitrogen and oxygen atoms in total. The van der Waals surface area contributed by atoms with E-state index in [1.165, 1.54) is 4.90 Å². The molecule has 1 amide bonds. The molecule has 6 rings (SSSR count). The minimum Gasteiger partial charge on any atom is -0.461 e. The number of likely N-dealkylation sites (N-methyl/N-ethyl adjacent to an activating group) is 1. The van der Waals surface area contributed by atoms with Crippen LogP contribution in [0.4, 0.5) is 20.3 Å². The summed E-state index contributed by atoms with van der Waals surface area (Å²) < 4.78 is 42.9. The molecule has 0 bridgehead atoms. The molecule has 5 heterocycles. The van der Waals surface area contributed by atoms with Crippen molar-refractivity contribution in [3.63, 3.8) is 0 Å². The SMILES string of the molecule is CCc1c(C)cc(N)c(F)c1C1Cc2nc(OC[C@@]34CCCN3C[C@H](F)C4)nc(N3CCCN=C(C(Cl)=C(N)C(=O)N(C)C)C3)c2CO1. The molecule has 0 radical (unpaired) electrons. The first-order valence-corrected chi connectivity index (χ1v) is 17.1. The lowest BCUT2D eigenvalue weighted by molar-refractivity contribution is -0.124. The Labute approximate surface area is 285 Å². The summed E-state index contributed by atoms with van der Waals surface area (Å²) in [5.74, 6) is -0.300. The number of aliphatic imine (C=N–C) groups is 1. The third-order valence-corrected chi connectivity index (χ3v) is 10.5. The number of fused-ring (bicyclic) bond motifs is 2. The van der Waals surface area contributed by atoms with Gasteiger partial charge in [-0.15, -0.1) is 0 Å². The van der Waals surface area contributed by atoms with Crippen LogP contribution in [0.25, 0.3) is 0 Å². The summed E-state index contributed by atoms with van der Waals surface area (Å²) in [6.45, 7) is 6.84. The number of aryl methyl sites for hydroxylation is 1. The van der Waals surface area contributed by atoms with E-state index in [1.54, 1.807) is 20.2 Å². The number of hydrogen-bond acceptors (Lipinski definition) is 10. The van der Waals surface area contributed by atoms with Crippen LogP contribution in [-0.4, -0.2) is 96.5 Å². The van der Waals surface area contributed by atoms with E-state index in [2.05, 4.69) is 9.89 Å². The number of benzene rings is 1. The fourth-order valence-corrected chi connectivity index (χ4v) is 7.87. The average Bonchev–Trinajstić information content (AvgIpc) is 3.47. The lowest BCUT2D eigenvalue weighted by Crippen LogP contribution is -2.43. The standard InChI is InChI=1S/C34H45ClF2N8O3/c1-5-21-19(2)12-23(38)29(37)27(21)26-13-24-22(17-47-26)31(42-33(41-24)48-18-34-8-6-11-45(34)15-20(36)14-34)44-10-7-9-40-25(16-44)28(35)30(39)32(46)43(3)4/h12,20,26H,5-11,13-18,38-39H2,1-4H3/t20-,26?,34+/m1/s1. The Morgan fingerprint density at radius 3 is 2.81 bits per heavy atom. The first kappa shape index (κ1) is 34.3. The highest BCUT2D eigenvalue weighted by Gasteiger charge is 2.49. The highest BCUT2D eigenvalue weighted by molar-refractivity contribution is 6.45. The number of amides is 1. The van der Waals surface area contributed by atoms with Crippen LogP contribution in [0.15, 0.2) is 21.8 Å². The number of anilines is 2. The summed E-state index contributed by atoms with van der Waals surface area (Å²) >= 11 is 6.68. The summed E-state index contributed by atoms with van der Waals surface area (Å²) in [5, 5.41) is 0.0957. The number of ether oxygens (including phenoxy) is 2. The maximum absolute atomic E-state index is 15.7. The summed E-state index contributed by atoms with van der Waals surface area (Å²) in [6.07, 6.45) is 2.32. The Balaban J connectivity index is 1.37. The zero-order valence-corrected chi connectivity index (χ0v) is 28.9. The predicted molar refractivity (Wildman–Crippen MR) is 182 cm³/mol. The number of alkyl halides is 1. The molecule has 1 aromatic heterocycles. The van der Waals surface area contributed by atoms with Crippen LogP contribution < -0.4 is 21.1 Å². The Hall–Kier alpha value is -3.55. The summed E-state index contributed by atoms with van der Waals surface area (Å²) in [6, 6.07) is 1.83. The third-order valence-electron chi connectivity index (χ3n) is 10.1. The number of carbonyl (C=O) groups excluding carboxylic acids is 1. The van der Waals surface area contributed by atoms with Gasteiger partial charge >= 0.3 is 6.01 Å². The van der Waals surface area contributed by atoms with Crippen molar-refractivity contribution >= 4 is 34.7 Å². The molecule has 2 saturated heterocycles. The fourth-order valence-electron chi connectivity index (χ4n) is 7.67. The largest absolute Gasteiger partial charge is 0.461 e. The molecule has 1 unspecified atom stereocenters. The zero-order chi connectivity index (χ0) is 34.3. The molecule has 4 aliphatic rings. The Morgan fingerprint density at radius 2 is 2.06 bits per heavy atom. The van der Waals surface area contributed by atoms with Gasteiger partial charge in [-0.1, -0.05) is 18.5 Å². The molecule has 0 spiro atoms. The van der Waals surface area contributed by atoms with Crippen LogP contribution in [-0.2, 0) is 29.0 Å². The lowest BCUT2D eigenvalue weighted by Gasteiger charge is -2.33. The smallest absolute Gasteiger partial charge is 0.318 e. The second-order valence-electron chi connectivity index (χ2n) is 13.5. The van der Waals surface area contributed by atoms with Gasteiger partial charge in [0.05, 0.1) is 46.9 Å². The molecule has 0 saturated carbocycles. The van der Waals surface area contributed by atoms with Crippen molar-refractivity contribution in [3.8, 4) is 6.01 Å². The van der Waals surface area contributed by atoms with Crippen molar-refractivity contribution in [2.45, 2.75) is 76.8 Å². The topological polar surface area (TPSA) is 135 Å². The predicted octanol–water partition coefficient (Wildman–Crippen LogP) is 3.99. The molecule has 4 aliphatic heterocycles. The van der Waals surface area contributed by atoms with Crippen LogP contribution in [0.3, 0.4) is 0 Å². The van der Waals surface area contributed by atoms with Gasteiger partial charge in [0.15, 0.2) is 5.82 Å². The summed E-state index contributed by atoms with van der Waals surface area (Å²) in [4.78, 5) is 32.6. The third kappa shape index (κ3) is 6.44. The molecule has 260 valence electrons. The number of carbonyl (C=O) groups is 1. The molecule has 0 aliphatic carbocycles. The van der Waals surface area contributed by atoms with Gasteiger partial charge in [0.1, 0.15) is 24.3 Å². The molecule has 2 aromatic rings. The van der Waals surface area contributed by atoms with Gasteiger partial charge < -0.3 is 30.7 Å². The summed E-state index contributed by atoms with van der Waals surface area (Å²) in [5.41, 5.74) is 16.0. The molecular weight excluding hydrogens is 642 g/mol.